The lowest BCUT2D eigenvalue weighted by molar-refractivity contribution is 0.107. The van der Waals surface area contributed by atoms with Crippen molar-refractivity contribution >= 4 is 11.3 Å². The number of nitrogens with one attached hydrogen (secondary N) is 1. The molecule has 2 heterocycles. The monoisotopic (exact) mass is 253 g/mol. The molecule has 2 rings (SSSR count). The summed E-state index contributed by atoms with van der Waals surface area (Å²) in [4.78, 5) is 3.89. The van der Waals surface area contributed by atoms with Crippen molar-refractivity contribution in [3.05, 3.63) is 21.9 Å². The highest BCUT2D eigenvalue weighted by atomic mass is 32.1. The van der Waals surface area contributed by atoms with E-state index in [0.29, 0.717) is 0 Å². The van der Waals surface area contributed by atoms with E-state index in [-0.39, 0.29) is 11.6 Å². The Morgan fingerprint density at radius 3 is 2.53 bits per heavy atom. The maximum absolute atomic E-state index is 5.80. The van der Waals surface area contributed by atoms with Crippen LogP contribution in [0, 0.1) is 6.92 Å². The average molecular weight is 253 g/mol. The first-order chi connectivity index (χ1) is 8.05. The molecule has 0 bridgehead atoms. The zero-order valence-corrected chi connectivity index (χ0v) is 11.8. The number of hydrazine groups is 1. The Morgan fingerprint density at radius 1 is 1.41 bits per heavy atom. The van der Waals surface area contributed by atoms with Crippen LogP contribution in [0.15, 0.2) is 11.4 Å². The molecule has 1 fully saturated rings. The van der Waals surface area contributed by atoms with Gasteiger partial charge in [-0.15, -0.1) is 11.3 Å². The van der Waals surface area contributed by atoms with Gasteiger partial charge in [0.1, 0.15) is 0 Å². The molecular formula is C13H23N3S. The second-order valence-corrected chi connectivity index (χ2v) is 6.55. The lowest BCUT2D eigenvalue weighted by Crippen LogP contribution is -2.53. The molecule has 0 aromatic carbocycles. The van der Waals surface area contributed by atoms with E-state index in [1.165, 1.54) is 36.4 Å². The van der Waals surface area contributed by atoms with Gasteiger partial charge in [0, 0.05) is 10.4 Å². The van der Waals surface area contributed by atoms with E-state index in [2.05, 4.69) is 42.5 Å². The molecule has 96 valence electrons. The second-order valence-electron chi connectivity index (χ2n) is 5.44. The number of rotatable bonds is 4. The minimum absolute atomic E-state index is 0.0682. The number of thiophene rings is 1. The normalized spacial score (nSPS) is 19.8. The number of aryl methyl sites for hydroxylation is 1. The van der Waals surface area contributed by atoms with Crippen molar-refractivity contribution in [2.45, 2.75) is 45.2 Å². The van der Waals surface area contributed by atoms with Gasteiger partial charge >= 0.3 is 0 Å². The van der Waals surface area contributed by atoms with Crippen LogP contribution in [0.3, 0.4) is 0 Å². The molecule has 1 unspecified atom stereocenters. The highest BCUT2D eigenvalue weighted by molar-refractivity contribution is 7.10. The van der Waals surface area contributed by atoms with Gasteiger partial charge in [-0.1, -0.05) is 0 Å². The van der Waals surface area contributed by atoms with Crippen LogP contribution in [0.25, 0.3) is 0 Å². The third-order valence-corrected chi connectivity index (χ3v) is 4.76. The molecule has 1 aliphatic rings. The van der Waals surface area contributed by atoms with Crippen LogP contribution in [0.1, 0.15) is 43.2 Å². The Bertz CT molecular complexity index is 366. The van der Waals surface area contributed by atoms with Gasteiger partial charge in [0.15, 0.2) is 0 Å². The third-order valence-electron chi connectivity index (χ3n) is 3.88. The summed E-state index contributed by atoms with van der Waals surface area (Å²) in [5, 5.41) is 2.22. The number of hydrogen-bond acceptors (Lipinski definition) is 4. The number of likely N-dealkylation sites (tertiary alicyclic amines) is 1. The molecule has 1 aromatic rings. The van der Waals surface area contributed by atoms with E-state index in [1.807, 2.05) is 0 Å². The molecule has 4 heteroatoms. The first-order valence-corrected chi connectivity index (χ1v) is 7.20. The fourth-order valence-electron chi connectivity index (χ4n) is 2.80. The van der Waals surface area contributed by atoms with Crippen LogP contribution < -0.4 is 11.3 Å². The highest BCUT2D eigenvalue weighted by Crippen LogP contribution is 2.34. The van der Waals surface area contributed by atoms with Crippen LogP contribution in [0.2, 0.25) is 0 Å². The Hall–Kier alpha value is -0.420. The van der Waals surface area contributed by atoms with E-state index in [4.69, 9.17) is 5.84 Å². The summed E-state index contributed by atoms with van der Waals surface area (Å²) in [5.74, 6) is 5.80. The number of nitrogens with zero attached hydrogens (tertiary/aromatic N) is 1. The average Bonchev–Trinajstić information content (AvgIpc) is 2.89. The molecular weight excluding hydrogens is 230 g/mol. The minimum atomic E-state index is 0.0682. The van der Waals surface area contributed by atoms with Crippen molar-refractivity contribution in [1.29, 1.82) is 0 Å². The summed E-state index contributed by atoms with van der Waals surface area (Å²) in [6, 6.07) is 2.44. The molecule has 1 aliphatic heterocycles. The largest absolute Gasteiger partial charge is 0.296 e. The summed E-state index contributed by atoms with van der Waals surface area (Å²) in [7, 11) is 0. The van der Waals surface area contributed by atoms with E-state index >= 15 is 0 Å². The van der Waals surface area contributed by atoms with Gasteiger partial charge in [0.25, 0.3) is 0 Å². The van der Waals surface area contributed by atoms with Crippen LogP contribution in [-0.2, 0) is 0 Å². The molecule has 1 atom stereocenters. The van der Waals surface area contributed by atoms with E-state index < -0.39 is 0 Å². The summed E-state index contributed by atoms with van der Waals surface area (Å²) >= 11 is 1.79. The predicted octanol–water partition coefficient (Wildman–Crippen LogP) is 2.44. The van der Waals surface area contributed by atoms with E-state index in [9.17, 15) is 0 Å². The summed E-state index contributed by atoms with van der Waals surface area (Å²) in [6.07, 6.45) is 2.62. The maximum Gasteiger partial charge on any atom is 0.0646 e. The van der Waals surface area contributed by atoms with Gasteiger partial charge in [-0.2, -0.15) is 0 Å². The van der Waals surface area contributed by atoms with Gasteiger partial charge in [-0.05, 0) is 63.7 Å². The lowest BCUT2D eigenvalue weighted by atomic mass is 9.89. The first-order valence-electron chi connectivity index (χ1n) is 6.32. The number of nitrogens with two attached hydrogens (primary N) is 1. The fourth-order valence-corrected chi connectivity index (χ4v) is 3.53. The van der Waals surface area contributed by atoms with Gasteiger partial charge in [0.2, 0.25) is 0 Å². The smallest absolute Gasteiger partial charge is 0.0646 e. The maximum atomic E-state index is 5.80. The molecule has 0 radical (unpaired) electrons. The zero-order chi connectivity index (χ0) is 12.5. The van der Waals surface area contributed by atoms with Crippen molar-refractivity contribution in [2.24, 2.45) is 5.84 Å². The summed E-state index contributed by atoms with van der Waals surface area (Å²) < 4.78 is 0. The number of hydrogen-bond donors (Lipinski definition) is 2. The van der Waals surface area contributed by atoms with Crippen LogP contribution in [-0.4, -0.2) is 23.5 Å². The Kier molecular flexibility index (Phi) is 3.88. The van der Waals surface area contributed by atoms with Gasteiger partial charge in [-0.25, -0.2) is 0 Å². The van der Waals surface area contributed by atoms with Crippen molar-refractivity contribution in [3.8, 4) is 0 Å². The molecule has 0 saturated carbocycles. The van der Waals surface area contributed by atoms with Crippen LogP contribution >= 0.6 is 11.3 Å². The van der Waals surface area contributed by atoms with Crippen molar-refractivity contribution in [3.63, 3.8) is 0 Å². The van der Waals surface area contributed by atoms with Crippen molar-refractivity contribution in [1.82, 2.24) is 10.3 Å². The van der Waals surface area contributed by atoms with Crippen LogP contribution in [0.5, 0.6) is 0 Å². The van der Waals surface area contributed by atoms with Crippen molar-refractivity contribution < 1.29 is 0 Å². The fraction of sp³-hybridized carbons (Fsp3) is 0.692. The molecule has 1 aromatic heterocycles. The Labute approximate surface area is 108 Å². The Morgan fingerprint density at radius 2 is 2.06 bits per heavy atom. The molecule has 3 nitrogen and oxygen atoms in total. The quantitative estimate of drug-likeness (QED) is 0.639. The molecule has 0 spiro atoms. The molecule has 0 amide bonds. The minimum Gasteiger partial charge on any atom is -0.296 e. The van der Waals surface area contributed by atoms with Crippen molar-refractivity contribution in [2.75, 3.05) is 13.1 Å². The first kappa shape index (κ1) is 13.0. The summed E-state index contributed by atoms with van der Waals surface area (Å²) in [5.41, 5.74) is 4.39. The lowest BCUT2D eigenvalue weighted by Gasteiger charge is -2.41. The molecule has 1 saturated heterocycles. The molecule has 17 heavy (non-hydrogen) atoms. The Balaban J connectivity index is 2.21. The SMILES string of the molecule is Cc1cc(C(NN)C(C)(C)N2CCCC2)cs1. The van der Waals surface area contributed by atoms with E-state index in [1.54, 1.807) is 11.3 Å². The molecule has 0 aliphatic carbocycles. The topological polar surface area (TPSA) is 41.3 Å². The van der Waals surface area contributed by atoms with Gasteiger partial charge in [0.05, 0.1) is 6.04 Å². The summed E-state index contributed by atoms with van der Waals surface area (Å²) in [6.45, 7) is 9.10. The third kappa shape index (κ3) is 2.55. The van der Waals surface area contributed by atoms with Gasteiger partial charge in [-0.3, -0.25) is 16.2 Å². The zero-order valence-electron chi connectivity index (χ0n) is 11.0. The predicted molar refractivity (Wildman–Crippen MR) is 74.0 cm³/mol. The highest BCUT2D eigenvalue weighted by Gasteiger charge is 2.37. The standard InChI is InChI=1S/C13H23N3S/c1-10-8-11(9-17-10)12(15-14)13(2,3)16-6-4-5-7-16/h8-9,12,15H,4-7,14H2,1-3H3. The molecule has 3 N–H and O–H groups in total. The second kappa shape index (κ2) is 5.06. The van der Waals surface area contributed by atoms with E-state index in [0.717, 1.165) is 0 Å². The van der Waals surface area contributed by atoms with Crippen LogP contribution in [0.4, 0.5) is 0 Å². The van der Waals surface area contributed by atoms with Gasteiger partial charge < -0.3 is 0 Å².